The van der Waals surface area contributed by atoms with Crippen molar-refractivity contribution in [2.45, 2.75) is 46.0 Å². The van der Waals surface area contributed by atoms with E-state index in [0.717, 1.165) is 53.3 Å². The van der Waals surface area contributed by atoms with Gasteiger partial charge in [-0.2, -0.15) is 0 Å². The lowest BCUT2D eigenvalue weighted by Crippen LogP contribution is -2.37. The highest BCUT2D eigenvalue weighted by atomic mass is 16.5. The molecule has 2 aliphatic heterocycles. The van der Waals surface area contributed by atoms with E-state index in [1.54, 1.807) is 7.11 Å². The van der Waals surface area contributed by atoms with E-state index in [1.807, 2.05) is 61.5 Å². The van der Waals surface area contributed by atoms with Crippen LogP contribution in [0.25, 0.3) is 5.57 Å². The summed E-state index contributed by atoms with van der Waals surface area (Å²) >= 11 is 0. The fourth-order valence-electron chi connectivity index (χ4n) is 4.74. The third kappa shape index (κ3) is 4.92. The monoisotopic (exact) mass is 459 g/mol. The molecule has 5 rings (SSSR count). The standard InChI is InChI=1S/C26H27N3O3.C2H6/c1-31-21-10-6-12-23(14-21)32-22-11-5-9-19(13-22)24-16-27-26-20(17-30)15-28-29(26)25(24)18-7-3-2-4-8-18;1-2/h5-6,9-14,16-18,28H,2-4,7-8,15H2,1H3;1-2H3. The predicted octanol–water partition coefficient (Wildman–Crippen LogP) is 6.12. The van der Waals surface area contributed by atoms with E-state index in [9.17, 15) is 4.79 Å². The smallest absolute Gasteiger partial charge is 0.155 e. The molecule has 2 aromatic carbocycles. The largest absolute Gasteiger partial charge is 0.497 e. The molecule has 0 atom stereocenters. The van der Waals surface area contributed by atoms with Crippen LogP contribution < -0.4 is 14.9 Å². The molecule has 6 nitrogen and oxygen atoms in total. The van der Waals surface area contributed by atoms with Gasteiger partial charge in [0.15, 0.2) is 12.1 Å². The summed E-state index contributed by atoms with van der Waals surface area (Å²) in [6.07, 6.45) is 8.86. The van der Waals surface area contributed by atoms with Crippen molar-refractivity contribution in [3.05, 3.63) is 71.2 Å². The van der Waals surface area contributed by atoms with Gasteiger partial charge in [0.05, 0.1) is 12.7 Å². The Morgan fingerprint density at radius 3 is 2.44 bits per heavy atom. The lowest BCUT2D eigenvalue weighted by Gasteiger charge is -2.35. The summed E-state index contributed by atoms with van der Waals surface area (Å²) in [5.41, 5.74) is 7.43. The number of hydrogen-bond donors (Lipinski definition) is 1. The molecule has 0 spiro atoms. The molecule has 6 heteroatoms. The maximum Gasteiger partial charge on any atom is 0.155 e. The number of aldehydes is 1. The van der Waals surface area contributed by atoms with Gasteiger partial charge in [0.1, 0.15) is 17.2 Å². The zero-order valence-corrected chi connectivity index (χ0v) is 20.2. The number of hydrogen-bond acceptors (Lipinski definition) is 6. The Morgan fingerprint density at radius 1 is 1.00 bits per heavy atom. The highest BCUT2D eigenvalue weighted by Crippen LogP contribution is 2.40. The van der Waals surface area contributed by atoms with E-state index >= 15 is 0 Å². The summed E-state index contributed by atoms with van der Waals surface area (Å²) in [6, 6.07) is 15.7. The number of methoxy groups -OCH3 is 1. The Hall–Kier alpha value is -3.38. The van der Waals surface area contributed by atoms with E-state index in [4.69, 9.17) is 9.47 Å². The molecule has 1 aliphatic carbocycles. The SMILES string of the molecule is CC.COc1cccc(Oc2cccc(C3=C(C4CCCCC4)N4NCC(C=O)=C4N=C3)c2)c1. The number of benzene rings is 2. The average Bonchev–Trinajstić information content (AvgIpc) is 3.33. The third-order valence-electron chi connectivity index (χ3n) is 6.32. The number of carbonyl (C=O) groups excluding carboxylic acids is 1. The first-order chi connectivity index (χ1) is 16.8. The summed E-state index contributed by atoms with van der Waals surface area (Å²) in [6.45, 7) is 4.51. The van der Waals surface area contributed by atoms with Crippen LogP contribution in [0.15, 0.2) is 70.6 Å². The lowest BCUT2D eigenvalue weighted by atomic mass is 9.83. The highest BCUT2D eigenvalue weighted by Gasteiger charge is 2.34. The summed E-state index contributed by atoms with van der Waals surface area (Å²) in [4.78, 5) is 16.2. The summed E-state index contributed by atoms with van der Waals surface area (Å²) < 4.78 is 11.4. The average molecular weight is 460 g/mol. The van der Waals surface area contributed by atoms with Crippen LogP contribution in [0, 0.1) is 5.92 Å². The number of ether oxygens (including phenoxy) is 2. The van der Waals surface area contributed by atoms with E-state index < -0.39 is 0 Å². The number of nitrogens with zero attached hydrogens (tertiary/aromatic N) is 2. The van der Waals surface area contributed by atoms with Gasteiger partial charge in [0, 0.05) is 36.0 Å². The normalized spacial score (nSPS) is 17.8. The van der Waals surface area contributed by atoms with Crippen molar-refractivity contribution < 1.29 is 14.3 Å². The molecule has 2 heterocycles. The number of carbonyl (C=O) groups is 1. The van der Waals surface area contributed by atoms with Gasteiger partial charge in [-0.15, -0.1) is 0 Å². The zero-order valence-electron chi connectivity index (χ0n) is 20.2. The second-order valence-electron chi connectivity index (χ2n) is 8.34. The molecule has 1 N–H and O–H groups in total. The second-order valence-corrected chi connectivity index (χ2v) is 8.34. The zero-order chi connectivity index (χ0) is 23.9. The minimum Gasteiger partial charge on any atom is -0.497 e. The molecule has 1 fully saturated rings. The quantitative estimate of drug-likeness (QED) is 0.527. The van der Waals surface area contributed by atoms with Crippen molar-refractivity contribution in [2.75, 3.05) is 13.7 Å². The number of allylic oxidation sites excluding steroid dienone is 2. The molecule has 178 valence electrons. The number of hydrazine groups is 1. The van der Waals surface area contributed by atoms with Gasteiger partial charge >= 0.3 is 0 Å². The molecule has 0 saturated heterocycles. The van der Waals surface area contributed by atoms with Crippen LogP contribution in [0.2, 0.25) is 0 Å². The van der Waals surface area contributed by atoms with Crippen LogP contribution in [0.3, 0.4) is 0 Å². The Kier molecular flexibility index (Phi) is 7.80. The Bertz CT molecular complexity index is 1110. The first-order valence-electron chi connectivity index (χ1n) is 12.2. The molecule has 34 heavy (non-hydrogen) atoms. The van der Waals surface area contributed by atoms with Gasteiger partial charge < -0.3 is 9.47 Å². The lowest BCUT2D eigenvalue weighted by molar-refractivity contribution is -0.104. The van der Waals surface area contributed by atoms with Crippen molar-refractivity contribution in [2.24, 2.45) is 10.9 Å². The number of aliphatic imine (C=N–C) groups is 1. The van der Waals surface area contributed by atoms with E-state index in [0.29, 0.717) is 18.0 Å². The topological polar surface area (TPSA) is 63.2 Å². The maximum absolute atomic E-state index is 11.5. The van der Waals surface area contributed by atoms with Gasteiger partial charge in [-0.05, 0) is 42.7 Å². The molecular formula is C28H33N3O3. The van der Waals surface area contributed by atoms with Crippen LogP contribution in [0.4, 0.5) is 0 Å². The van der Waals surface area contributed by atoms with Gasteiger partial charge in [-0.3, -0.25) is 9.80 Å². The second kappa shape index (κ2) is 11.2. The van der Waals surface area contributed by atoms with Crippen LogP contribution in [-0.2, 0) is 4.79 Å². The summed E-state index contributed by atoms with van der Waals surface area (Å²) in [5.74, 6) is 3.40. The van der Waals surface area contributed by atoms with Crippen LogP contribution in [-0.4, -0.2) is 31.2 Å². The van der Waals surface area contributed by atoms with Gasteiger partial charge in [0.25, 0.3) is 0 Å². The number of nitrogens with one attached hydrogen (secondary N) is 1. The third-order valence-corrected chi connectivity index (χ3v) is 6.32. The van der Waals surface area contributed by atoms with Gasteiger partial charge in [-0.1, -0.05) is 51.3 Å². The molecule has 2 aromatic rings. The van der Waals surface area contributed by atoms with E-state index in [-0.39, 0.29) is 0 Å². The predicted molar refractivity (Wildman–Crippen MR) is 136 cm³/mol. The van der Waals surface area contributed by atoms with Gasteiger partial charge in [-0.25, -0.2) is 10.4 Å². The fraction of sp³-hybridized carbons (Fsp3) is 0.357. The molecule has 0 aromatic heterocycles. The Morgan fingerprint density at radius 2 is 1.71 bits per heavy atom. The van der Waals surface area contributed by atoms with Crippen molar-refractivity contribution in [1.82, 2.24) is 10.4 Å². The highest BCUT2D eigenvalue weighted by molar-refractivity contribution is 6.12. The van der Waals surface area contributed by atoms with Crippen molar-refractivity contribution in [3.63, 3.8) is 0 Å². The fourth-order valence-corrected chi connectivity index (χ4v) is 4.74. The first-order valence-corrected chi connectivity index (χ1v) is 12.2. The maximum atomic E-state index is 11.5. The molecule has 1 saturated carbocycles. The Balaban J connectivity index is 0.00000133. The molecule has 3 aliphatic rings. The summed E-state index contributed by atoms with van der Waals surface area (Å²) in [5, 5.41) is 2.05. The Labute approximate surface area is 202 Å². The van der Waals surface area contributed by atoms with E-state index in [2.05, 4.69) is 22.6 Å². The molecular weight excluding hydrogens is 426 g/mol. The van der Waals surface area contributed by atoms with Crippen LogP contribution in [0.1, 0.15) is 51.5 Å². The van der Waals surface area contributed by atoms with Gasteiger partial charge in [0.2, 0.25) is 0 Å². The van der Waals surface area contributed by atoms with Crippen LogP contribution in [0.5, 0.6) is 17.2 Å². The molecule has 0 bridgehead atoms. The van der Waals surface area contributed by atoms with E-state index in [1.165, 1.54) is 25.0 Å². The molecule has 0 unspecified atom stereocenters. The number of fused-ring (bicyclic) bond motifs is 1. The van der Waals surface area contributed by atoms with Crippen LogP contribution >= 0.6 is 0 Å². The van der Waals surface area contributed by atoms with Crippen molar-refractivity contribution >= 4 is 18.1 Å². The summed E-state index contributed by atoms with van der Waals surface area (Å²) in [7, 11) is 1.65. The minimum absolute atomic E-state index is 0.432. The number of rotatable bonds is 6. The molecule has 0 radical (unpaired) electrons. The first kappa shape index (κ1) is 23.8. The minimum atomic E-state index is 0.432. The van der Waals surface area contributed by atoms with Crippen molar-refractivity contribution in [3.8, 4) is 17.2 Å². The molecule has 0 amide bonds. The van der Waals surface area contributed by atoms with Crippen molar-refractivity contribution in [1.29, 1.82) is 0 Å².